The first kappa shape index (κ1) is 16.0. The summed E-state index contributed by atoms with van der Waals surface area (Å²) in [4.78, 5) is 24.5. The number of hydrogen-bond donors (Lipinski definition) is 1. The largest absolute Gasteiger partial charge is 0.447 e. The summed E-state index contributed by atoms with van der Waals surface area (Å²) in [7, 11) is 0. The summed E-state index contributed by atoms with van der Waals surface area (Å²) >= 11 is 3.21. The number of imide groups is 1. The molecule has 5 nitrogen and oxygen atoms in total. The van der Waals surface area contributed by atoms with E-state index in [4.69, 9.17) is 4.74 Å². The topological polar surface area (TPSA) is 66.8 Å². The van der Waals surface area contributed by atoms with Crippen molar-refractivity contribution in [2.75, 3.05) is 6.61 Å². The third kappa shape index (κ3) is 3.27. The number of amides is 2. The van der Waals surface area contributed by atoms with E-state index >= 15 is 0 Å². The van der Waals surface area contributed by atoms with E-state index in [1.807, 2.05) is 19.9 Å². The SMILES string of the molecule is CC(C)[C@H]1COC(=O)N1C(=O)[C@@H](Br)[C@@H](O)c1ccccc1. The monoisotopic (exact) mass is 355 g/mol. The molecule has 1 fully saturated rings. The maximum absolute atomic E-state index is 12.5. The van der Waals surface area contributed by atoms with E-state index in [9.17, 15) is 14.7 Å². The average Bonchev–Trinajstić information content (AvgIpc) is 2.87. The van der Waals surface area contributed by atoms with Gasteiger partial charge in [-0.25, -0.2) is 9.69 Å². The van der Waals surface area contributed by atoms with E-state index in [0.717, 1.165) is 4.90 Å². The summed E-state index contributed by atoms with van der Waals surface area (Å²) in [6.07, 6.45) is -1.68. The molecule has 0 aromatic heterocycles. The van der Waals surface area contributed by atoms with Crippen LogP contribution in [0.1, 0.15) is 25.5 Å². The molecule has 3 atom stereocenters. The predicted molar refractivity (Wildman–Crippen MR) is 80.9 cm³/mol. The number of alkyl halides is 1. The van der Waals surface area contributed by atoms with Gasteiger partial charge in [-0.15, -0.1) is 0 Å². The highest BCUT2D eigenvalue weighted by atomic mass is 79.9. The second kappa shape index (κ2) is 6.58. The number of rotatable bonds is 4. The normalized spacial score (nSPS) is 21.3. The molecule has 1 heterocycles. The predicted octanol–water partition coefficient (Wildman–Crippen LogP) is 2.49. The first-order valence-electron chi connectivity index (χ1n) is 6.80. The molecule has 1 N–H and O–H groups in total. The van der Waals surface area contributed by atoms with Gasteiger partial charge in [0.25, 0.3) is 0 Å². The number of cyclic esters (lactones) is 1. The van der Waals surface area contributed by atoms with Gasteiger partial charge >= 0.3 is 6.09 Å². The lowest BCUT2D eigenvalue weighted by Gasteiger charge is -2.26. The Morgan fingerprint density at radius 1 is 1.38 bits per heavy atom. The molecule has 1 aliphatic heterocycles. The van der Waals surface area contributed by atoms with Crippen LogP contribution in [0.25, 0.3) is 0 Å². The number of halogens is 1. The zero-order valence-corrected chi connectivity index (χ0v) is 13.5. The minimum Gasteiger partial charge on any atom is -0.447 e. The Kier molecular flexibility index (Phi) is 5.00. The molecule has 0 aliphatic carbocycles. The van der Waals surface area contributed by atoms with Crippen molar-refractivity contribution >= 4 is 27.9 Å². The molecule has 2 rings (SSSR count). The number of aliphatic hydroxyl groups excluding tert-OH is 1. The van der Waals surface area contributed by atoms with Gasteiger partial charge in [-0.1, -0.05) is 60.1 Å². The first-order valence-corrected chi connectivity index (χ1v) is 7.72. The smallest absolute Gasteiger partial charge is 0.417 e. The fourth-order valence-corrected chi connectivity index (χ4v) is 2.79. The van der Waals surface area contributed by atoms with Gasteiger partial charge in [0, 0.05) is 0 Å². The van der Waals surface area contributed by atoms with E-state index < -0.39 is 22.9 Å². The second-order valence-corrected chi connectivity index (χ2v) is 6.34. The number of hydrogen-bond acceptors (Lipinski definition) is 4. The molecule has 0 unspecified atom stereocenters. The second-order valence-electron chi connectivity index (χ2n) is 5.35. The molecule has 2 amide bonds. The van der Waals surface area contributed by atoms with Gasteiger partial charge in [-0.3, -0.25) is 4.79 Å². The Labute approximate surface area is 132 Å². The van der Waals surface area contributed by atoms with Crippen molar-refractivity contribution in [3.8, 4) is 0 Å². The maximum Gasteiger partial charge on any atom is 0.417 e. The molecular weight excluding hydrogens is 338 g/mol. The highest BCUT2D eigenvalue weighted by molar-refractivity contribution is 9.10. The summed E-state index contributed by atoms with van der Waals surface area (Å²) in [5, 5.41) is 10.3. The minimum absolute atomic E-state index is 0.0916. The molecule has 6 heteroatoms. The van der Waals surface area contributed by atoms with Crippen LogP contribution in [0.5, 0.6) is 0 Å². The first-order chi connectivity index (χ1) is 9.93. The lowest BCUT2D eigenvalue weighted by atomic mass is 10.0. The van der Waals surface area contributed by atoms with Crippen LogP contribution in [0, 0.1) is 5.92 Å². The quantitative estimate of drug-likeness (QED) is 0.842. The minimum atomic E-state index is -1.03. The number of benzene rings is 1. The van der Waals surface area contributed by atoms with Crippen molar-refractivity contribution in [2.45, 2.75) is 30.8 Å². The van der Waals surface area contributed by atoms with Gasteiger partial charge in [-0.05, 0) is 11.5 Å². The van der Waals surface area contributed by atoms with Gasteiger partial charge < -0.3 is 9.84 Å². The molecule has 0 bridgehead atoms. The van der Waals surface area contributed by atoms with Crippen LogP contribution in [0.15, 0.2) is 30.3 Å². The van der Waals surface area contributed by atoms with Gasteiger partial charge in [-0.2, -0.15) is 0 Å². The Hall–Kier alpha value is -1.40. The molecule has 1 aromatic rings. The van der Waals surface area contributed by atoms with Gasteiger partial charge in [0.05, 0.1) is 6.04 Å². The number of carbonyl (C=O) groups excluding carboxylic acids is 2. The zero-order valence-electron chi connectivity index (χ0n) is 11.9. The molecule has 1 saturated heterocycles. The zero-order chi connectivity index (χ0) is 15.6. The van der Waals surface area contributed by atoms with Crippen molar-refractivity contribution < 1.29 is 19.4 Å². The van der Waals surface area contributed by atoms with Crippen LogP contribution in [0.4, 0.5) is 4.79 Å². The maximum atomic E-state index is 12.5. The number of aliphatic hydroxyl groups is 1. The number of ether oxygens (including phenoxy) is 1. The van der Waals surface area contributed by atoms with Crippen molar-refractivity contribution in [1.82, 2.24) is 4.90 Å². The standard InChI is InChI=1S/C15H18BrNO4/c1-9(2)11-8-21-15(20)17(11)14(19)12(16)13(18)10-6-4-3-5-7-10/h3-7,9,11-13,18H,8H2,1-2H3/t11-,12+,13+/m1/s1. The summed E-state index contributed by atoms with van der Waals surface area (Å²) in [6.45, 7) is 4.04. The van der Waals surface area contributed by atoms with Crippen molar-refractivity contribution in [3.63, 3.8) is 0 Å². The molecule has 21 heavy (non-hydrogen) atoms. The highest BCUT2D eigenvalue weighted by Gasteiger charge is 2.43. The Balaban J connectivity index is 2.16. The fraction of sp³-hybridized carbons (Fsp3) is 0.467. The molecular formula is C15H18BrNO4. The summed E-state index contributed by atoms with van der Waals surface area (Å²) < 4.78 is 4.96. The van der Waals surface area contributed by atoms with Crippen LogP contribution in [0.3, 0.4) is 0 Å². The lowest BCUT2D eigenvalue weighted by Crippen LogP contribution is -2.46. The van der Waals surface area contributed by atoms with Crippen molar-refractivity contribution in [2.24, 2.45) is 5.92 Å². The van der Waals surface area contributed by atoms with Crippen LogP contribution in [-0.4, -0.2) is 39.5 Å². The van der Waals surface area contributed by atoms with Gasteiger partial charge in [0.15, 0.2) is 0 Å². The number of carbonyl (C=O) groups is 2. The highest BCUT2D eigenvalue weighted by Crippen LogP contribution is 2.28. The molecule has 0 saturated carbocycles. The fourth-order valence-electron chi connectivity index (χ4n) is 2.27. The van der Waals surface area contributed by atoms with Crippen molar-refractivity contribution in [1.29, 1.82) is 0 Å². The average molecular weight is 356 g/mol. The van der Waals surface area contributed by atoms with E-state index in [1.54, 1.807) is 24.3 Å². The van der Waals surface area contributed by atoms with Crippen molar-refractivity contribution in [3.05, 3.63) is 35.9 Å². The Bertz CT molecular complexity index is 520. The Morgan fingerprint density at radius 2 is 2.00 bits per heavy atom. The van der Waals surface area contributed by atoms with Crippen LogP contribution >= 0.6 is 15.9 Å². The van der Waals surface area contributed by atoms with E-state index in [0.29, 0.717) is 5.56 Å². The van der Waals surface area contributed by atoms with E-state index in [-0.39, 0.29) is 18.6 Å². The molecule has 0 radical (unpaired) electrons. The van der Waals surface area contributed by atoms with Crippen LogP contribution in [-0.2, 0) is 9.53 Å². The third-order valence-corrected chi connectivity index (χ3v) is 4.46. The van der Waals surface area contributed by atoms with Gasteiger partial charge in [0.1, 0.15) is 17.5 Å². The summed E-state index contributed by atoms with van der Waals surface area (Å²) in [5.41, 5.74) is 0.612. The van der Waals surface area contributed by atoms with Crippen LogP contribution in [0.2, 0.25) is 0 Å². The summed E-state index contributed by atoms with van der Waals surface area (Å²) in [5.74, 6) is -0.387. The molecule has 114 valence electrons. The molecule has 1 aromatic carbocycles. The van der Waals surface area contributed by atoms with Gasteiger partial charge in [0.2, 0.25) is 5.91 Å². The van der Waals surface area contributed by atoms with E-state index in [1.165, 1.54) is 0 Å². The van der Waals surface area contributed by atoms with Crippen LogP contribution < -0.4 is 0 Å². The third-order valence-electron chi connectivity index (χ3n) is 3.57. The molecule has 1 aliphatic rings. The lowest BCUT2D eigenvalue weighted by molar-refractivity contribution is -0.130. The van der Waals surface area contributed by atoms with E-state index in [2.05, 4.69) is 15.9 Å². The Morgan fingerprint density at radius 3 is 2.57 bits per heavy atom. The molecule has 0 spiro atoms. The number of nitrogens with zero attached hydrogens (tertiary/aromatic N) is 1. The summed E-state index contributed by atoms with van der Waals surface area (Å²) in [6, 6.07) is 8.55.